The van der Waals surface area contributed by atoms with Crippen LogP contribution in [0.2, 0.25) is 0 Å². The topological polar surface area (TPSA) is 9.23 Å². The summed E-state index contributed by atoms with van der Waals surface area (Å²) in [6, 6.07) is 5.97. The first kappa shape index (κ1) is 9.33. The standard InChI is InChI=1S/C10H11BrO/c1-3-5-8-6-4-7-9(11)10(8)12-2/h3-7H,1-2H3/b5-3+. The molecule has 1 aromatic carbocycles. The second kappa shape index (κ2) is 4.31. The van der Waals surface area contributed by atoms with Gasteiger partial charge in [0.05, 0.1) is 11.6 Å². The molecule has 0 saturated heterocycles. The van der Waals surface area contributed by atoms with Crippen molar-refractivity contribution in [3.05, 3.63) is 34.3 Å². The first-order valence-electron chi connectivity index (χ1n) is 3.74. The van der Waals surface area contributed by atoms with Crippen LogP contribution in [0, 0.1) is 0 Å². The first-order chi connectivity index (χ1) is 5.79. The number of ether oxygens (including phenoxy) is 1. The van der Waals surface area contributed by atoms with Crippen molar-refractivity contribution in [2.24, 2.45) is 0 Å². The van der Waals surface area contributed by atoms with Gasteiger partial charge in [0, 0.05) is 5.56 Å². The molecule has 0 aliphatic carbocycles. The van der Waals surface area contributed by atoms with Crippen LogP contribution in [-0.2, 0) is 0 Å². The molecule has 0 aliphatic heterocycles. The average molecular weight is 227 g/mol. The van der Waals surface area contributed by atoms with Crippen molar-refractivity contribution in [1.29, 1.82) is 0 Å². The van der Waals surface area contributed by atoms with Crippen molar-refractivity contribution in [2.45, 2.75) is 6.92 Å². The van der Waals surface area contributed by atoms with Gasteiger partial charge in [-0.1, -0.05) is 24.3 Å². The highest BCUT2D eigenvalue weighted by atomic mass is 79.9. The van der Waals surface area contributed by atoms with Crippen LogP contribution in [0.25, 0.3) is 6.08 Å². The Morgan fingerprint density at radius 1 is 1.42 bits per heavy atom. The minimum Gasteiger partial charge on any atom is -0.495 e. The van der Waals surface area contributed by atoms with Crippen LogP contribution in [0.5, 0.6) is 5.75 Å². The van der Waals surface area contributed by atoms with E-state index in [1.54, 1.807) is 7.11 Å². The fraction of sp³-hybridized carbons (Fsp3) is 0.200. The van der Waals surface area contributed by atoms with Gasteiger partial charge in [-0.05, 0) is 28.9 Å². The number of allylic oxidation sites excluding steroid dienone is 1. The van der Waals surface area contributed by atoms with Gasteiger partial charge in [0.2, 0.25) is 0 Å². The van der Waals surface area contributed by atoms with Crippen molar-refractivity contribution in [3.8, 4) is 5.75 Å². The summed E-state index contributed by atoms with van der Waals surface area (Å²) < 4.78 is 6.22. The molecule has 0 amide bonds. The third kappa shape index (κ3) is 1.89. The quantitative estimate of drug-likeness (QED) is 0.751. The van der Waals surface area contributed by atoms with Crippen LogP contribution in [-0.4, -0.2) is 7.11 Å². The van der Waals surface area contributed by atoms with Crippen molar-refractivity contribution in [1.82, 2.24) is 0 Å². The Balaban J connectivity index is 3.18. The summed E-state index contributed by atoms with van der Waals surface area (Å²) >= 11 is 3.42. The molecule has 64 valence electrons. The Morgan fingerprint density at radius 2 is 2.17 bits per heavy atom. The number of halogens is 1. The summed E-state index contributed by atoms with van der Waals surface area (Å²) in [6.45, 7) is 1.99. The minimum absolute atomic E-state index is 0.885. The number of para-hydroxylation sites is 1. The molecule has 0 unspecified atom stereocenters. The van der Waals surface area contributed by atoms with E-state index in [0.29, 0.717) is 0 Å². The Bertz CT molecular complexity index is 292. The van der Waals surface area contributed by atoms with Crippen molar-refractivity contribution in [2.75, 3.05) is 7.11 Å². The average Bonchev–Trinajstić information content (AvgIpc) is 2.05. The number of methoxy groups -OCH3 is 1. The first-order valence-corrected chi connectivity index (χ1v) is 4.54. The lowest BCUT2D eigenvalue weighted by Gasteiger charge is -2.05. The Hall–Kier alpha value is -0.760. The summed E-state index contributed by atoms with van der Waals surface area (Å²) in [4.78, 5) is 0. The van der Waals surface area contributed by atoms with Crippen molar-refractivity contribution < 1.29 is 4.74 Å². The second-order valence-corrected chi connectivity index (χ2v) is 3.22. The van der Waals surface area contributed by atoms with Gasteiger partial charge in [-0.25, -0.2) is 0 Å². The van der Waals surface area contributed by atoms with Gasteiger partial charge in [-0.15, -0.1) is 0 Å². The maximum absolute atomic E-state index is 5.23. The fourth-order valence-electron chi connectivity index (χ4n) is 1.05. The van der Waals surface area contributed by atoms with Gasteiger partial charge in [0.25, 0.3) is 0 Å². The molecule has 0 aliphatic rings. The van der Waals surface area contributed by atoms with Crippen LogP contribution < -0.4 is 4.74 Å². The SMILES string of the molecule is C/C=C/c1cccc(Br)c1OC. The van der Waals surface area contributed by atoms with E-state index in [0.717, 1.165) is 15.8 Å². The van der Waals surface area contributed by atoms with Gasteiger partial charge < -0.3 is 4.74 Å². The molecule has 0 fully saturated rings. The smallest absolute Gasteiger partial charge is 0.140 e. The van der Waals surface area contributed by atoms with E-state index in [2.05, 4.69) is 15.9 Å². The van der Waals surface area contributed by atoms with E-state index < -0.39 is 0 Å². The molecule has 1 rings (SSSR count). The summed E-state index contributed by atoms with van der Waals surface area (Å²) in [5, 5.41) is 0. The van der Waals surface area contributed by atoms with Crippen molar-refractivity contribution in [3.63, 3.8) is 0 Å². The Labute approximate surface area is 81.2 Å². The molecule has 0 heterocycles. The summed E-state index contributed by atoms with van der Waals surface area (Å²) in [5.41, 5.74) is 1.09. The highest BCUT2D eigenvalue weighted by molar-refractivity contribution is 9.10. The molecule has 2 heteroatoms. The zero-order chi connectivity index (χ0) is 8.97. The zero-order valence-electron chi connectivity index (χ0n) is 7.17. The maximum atomic E-state index is 5.23. The van der Waals surface area contributed by atoms with Gasteiger partial charge in [-0.3, -0.25) is 0 Å². The van der Waals surface area contributed by atoms with Crippen LogP contribution in [0.4, 0.5) is 0 Å². The van der Waals surface area contributed by atoms with E-state index in [4.69, 9.17) is 4.74 Å². The number of rotatable bonds is 2. The number of benzene rings is 1. The molecular weight excluding hydrogens is 216 g/mol. The van der Waals surface area contributed by atoms with Gasteiger partial charge >= 0.3 is 0 Å². The lowest BCUT2D eigenvalue weighted by Crippen LogP contribution is -1.87. The lowest BCUT2D eigenvalue weighted by atomic mass is 10.2. The molecule has 1 aromatic rings. The lowest BCUT2D eigenvalue weighted by molar-refractivity contribution is 0.411. The van der Waals surface area contributed by atoms with Crippen LogP contribution in [0.15, 0.2) is 28.7 Å². The van der Waals surface area contributed by atoms with Crippen LogP contribution in [0.1, 0.15) is 12.5 Å². The highest BCUT2D eigenvalue weighted by Gasteiger charge is 2.02. The van der Waals surface area contributed by atoms with Crippen LogP contribution in [0.3, 0.4) is 0 Å². The molecule has 0 N–H and O–H groups in total. The number of hydrogen-bond donors (Lipinski definition) is 0. The van der Waals surface area contributed by atoms with E-state index in [1.165, 1.54) is 0 Å². The van der Waals surface area contributed by atoms with E-state index in [9.17, 15) is 0 Å². The largest absolute Gasteiger partial charge is 0.495 e. The molecule has 0 saturated carbocycles. The van der Waals surface area contributed by atoms with Gasteiger partial charge in [-0.2, -0.15) is 0 Å². The predicted octanol–water partition coefficient (Wildman–Crippen LogP) is 3.49. The number of hydrogen-bond acceptors (Lipinski definition) is 1. The summed E-state index contributed by atoms with van der Waals surface area (Å²) in [7, 11) is 1.67. The Morgan fingerprint density at radius 3 is 2.75 bits per heavy atom. The van der Waals surface area contributed by atoms with Crippen LogP contribution >= 0.6 is 15.9 Å². The third-order valence-corrected chi connectivity index (χ3v) is 2.17. The molecule has 0 bridgehead atoms. The Kier molecular flexibility index (Phi) is 3.35. The molecule has 0 radical (unpaired) electrons. The normalized spacial score (nSPS) is 10.6. The molecular formula is C10H11BrO. The van der Waals surface area contributed by atoms with Gasteiger partial charge in [0.15, 0.2) is 0 Å². The minimum atomic E-state index is 0.885. The predicted molar refractivity (Wildman–Crippen MR) is 55.4 cm³/mol. The molecule has 1 nitrogen and oxygen atoms in total. The third-order valence-electron chi connectivity index (χ3n) is 1.55. The highest BCUT2D eigenvalue weighted by Crippen LogP contribution is 2.29. The van der Waals surface area contributed by atoms with E-state index >= 15 is 0 Å². The molecule has 0 spiro atoms. The molecule has 12 heavy (non-hydrogen) atoms. The van der Waals surface area contributed by atoms with E-state index in [1.807, 2.05) is 37.3 Å². The second-order valence-electron chi connectivity index (χ2n) is 2.36. The maximum Gasteiger partial charge on any atom is 0.140 e. The monoisotopic (exact) mass is 226 g/mol. The van der Waals surface area contributed by atoms with Crippen molar-refractivity contribution >= 4 is 22.0 Å². The van der Waals surface area contributed by atoms with E-state index in [-0.39, 0.29) is 0 Å². The molecule has 0 aromatic heterocycles. The fourth-order valence-corrected chi connectivity index (χ4v) is 1.60. The summed E-state index contributed by atoms with van der Waals surface area (Å²) in [5.74, 6) is 0.885. The summed E-state index contributed by atoms with van der Waals surface area (Å²) in [6.07, 6.45) is 4.01. The zero-order valence-corrected chi connectivity index (χ0v) is 8.76. The molecule has 0 atom stereocenters. The van der Waals surface area contributed by atoms with Gasteiger partial charge in [0.1, 0.15) is 5.75 Å².